The lowest BCUT2D eigenvalue weighted by molar-refractivity contribution is 0.414. The fourth-order valence-corrected chi connectivity index (χ4v) is 1.60. The Morgan fingerprint density at radius 2 is 2.06 bits per heavy atom. The van der Waals surface area contributed by atoms with Gasteiger partial charge in [0.25, 0.3) is 0 Å². The summed E-state index contributed by atoms with van der Waals surface area (Å²) in [5.41, 5.74) is 6.79. The first-order valence-corrected chi connectivity index (χ1v) is 5.16. The van der Waals surface area contributed by atoms with Crippen molar-refractivity contribution in [3.63, 3.8) is 0 Å². The van der Waals surface area contributed by atoms with Crippen molar-refractivity contribution in [3.8, 4) is 5.75 Å². The summed E-state index contributed by atoms with van der Waals surface area (Å²) in [7, 11) is 1.66. The molecule has 0 radical (unpaired) electrons. The molecule has 2 rings (SSSR count). The van der Waals surface area contributed by atoms with Gasteiger partial charge in [0.1, 0.15) is 11.6 Å². The summed E-state index contributed by atoms with van der Waals surface area (Å²) in [6, 6.07) is 7.99. The van der Waals surface area contributed by atoms with E-state index in [1.165, 1.54) is 5.56 Å². The lowest BCUT2D eigenvalue weighted by atomic mass is 10.2. The largest absolute Gasteiger partial charge is 0.497 e. The van der Waals surface area contributed by atoms with Crippen LogP contribution in [-0.2, 0) is 13.1 Å². The Labute approximate surface area is 94.7 Å². The van der Waals surface area contributed by atoms with Crippen molar-refractivity contribution in [2.24, 2.45) is 5.73 Å². The molecule has 1 aromatic heterocycles. The van der Waals surface area contributed by atoms with E-state index in [0.717, 1.165) is 18.1 Å². The van der Waals surface area contributed by atoms with Gasteiger partial charge in [-0.2, -0.15) is 0 Å². The number of hydrogen-bond donors (Lipinski definition) is 1. The van der Waals surface area contributed by atoms with Crippen molar-refractivity contribution in [2.45, 2.75) is 13.1 Å². The number of benzene rings is 1. The Kier molecular flexibility index (Phi) is 3.22. The van der Waals surface area contributed by atoms with Gasteiger partial charge in [0.2, 0.25) is 0 Å². The smallest absolute Gasteiger partial charge is 0.122 e. The SMILES string of the molecule is COc1ccc(Cn2ccnc2CN)cc1. The van der Waals surface area contributed by atoms with Gasteiger partial charge in [-0.15, -0.1) is 0 Å². The maximum atomic E-state index is 5.59. The Balaban J connectivity index is 2.14. The van der Waals surface area contributed by atoms with E-state index in [4.69, 9.17) is 10.5 Å². The third-order valence-corrected chi connectivity index (χ3v) is 2.50. The van der Waals surface area contributed by atoms with E-state index in [-0.39, 0.29) is 0 Å². The van der Waals surface area contributed by atoms with Gasteiger partial charge >= 0.3 is 0 Å². The van der Waals surface area contributed by atoms with Crippen LogP contribution in [0.4, 0.5) is 0 Å². The van der Waals surface area contributed by atoms with Crippen LogP contribution in [0.3, 0.4) is 0 Å². The molecule has 4 nitrogen and oxygen atoms in total. The number of nitrogens with zero attached hydrogens (tertiary/aromatic N) is 2. The zero-order chi connectivity index (χ0) is 11.4. The minimum absolute atomic E-state index is 0.461. The molecule has 0 bridgehead atoms. The van der Waals surface area contributed by atoms with Crippen LogP contribution in [0.1, 0.15) is 11.4 Å². The van der Waals surface area contributed by atoms with Gasteiger partial charge in [0, 0.05) is 18.9 Å². The van der Waals surface area contributed by atoms with Gasteiger partial charge < -0.3 is 15.0 Å². The lowest BCUT2D eigenvalue weighted by Crippen LogP contribution is -2.08. The van der Waals surface area contributed by atoms with E-state index in [1.807, 2.05) is 35.0 Å². The molecule has 0 saturated carbocycles. The van der Waals surface area contributed by atoms with E-state index in [9.17, 15) is 0 Å². The number of methoxy groups -OCH3 is 1. The van der Waals surface area contributed by atoms with E-state index in [1.54, 1.807) is 13.3 Å². The minimum Gasteiger partial charge on any atom is -0.497 e. The monoisotopic (exact) mass is 217 g/mol. The molecule has 0 spiro atoms. The van der Waals surface area contributed by atoms with Crippen LogP contribution in [0.15, 0.2) is 36.7 Å². The molecular formula is C12H15N3O. The predicted octanol–water partition coefficient (Wildman–Crippen LogP) is 1.40. The van der Waals surface area contributed by atoms with E-state index >= 15 is 0 Å². The fraction of sp³-hybridized carbons (Fsp3) is 0.250. The first kappa shape index (κ1) is 10.7. The molecule has 84 valence electrons. The summed E-state index contributed by atoms with van der Waals surface area (Å²) >= 11 is 0. The summed E-state index contributed by atoms with van der Waals surface area (Å²) in [5, 5.41) is 0. The normalized spacial score (nSPS) is 10.4. The minimum atomic E-state index is 0.461. The first-order chi connectivity index (χ1) is 7.83. The van der Waals surface area contributed by atoms with E-state index in [2.05, 4.69) is 4.98 Å². The highest BCUT2D eigenvalue weighted by atomic mass is 16.5. The van der Waals surface area contributed by atoms with Gasteiger partial charge in [-0.1, -0.05) is 12.1 Å². The average Bonchev–Trinajstić information content (AvgIpc) is 2.77. The van der Waals surface area contributed by atoms with Crippen LogP contribution >= 0.6 is 0 Å². The number of rotatable bonds is 4. The van der Waals surface area contributed by atoms with Gasteiger partial charge in [0.15, 0.2) is 0 Å². The molecule has 4 heteroatoms. The molecule has 2 aromatic rings. The molecule has 1 heterocycles. The van der Waals surface area contributed by atoms with Crippen LogP contribution in [0.5, 0.6) is 5.75 Å². The molecule has 2 N–H and O–H groups in total. The van der Waals surface area contributed by atoms with Crippen molar-refractivity contribution in [1.29, 1.82) is 0 Å². The molecular weight excluding hydrogens is 202 g/mol. The second-order valence-corrected chi connectivity index (χ2v) is 3.52. The molecule has 0 saturated heterocycles. The van der Waals surface area contributed by atoms with Crippen LogP contribution in [-0.4, -0.2) is 16.7 Å². The van der Waals surface area contributed by atoms with Gasteiger partial charge in [-0.05, 0) is 17.7 Å². The highest BCUT2D eigenvalue weighted by molar-refractivity contribution is 5.27. The summed E-state index contributed by atoms with van der Waals surface area (Å²) in [6.45, 7) is 1.25. The van der Waals surface area contributed by atoms with Crippen molar-refractivity contribution < 1.29 is 4.74 Å². The molecule has 0 fully saturated rings. The van der Waals surface area contributed by atoms with Gasteiger partial charge in [0.05, 0.1) is 13.7 Å². The Morgan fingerprint density at radius 3 is 2.69 bits per heavy atom. The topological polar surface area (TPSA) is 53.1 Å². The van der Waals surface area contributed by atoms with Gasteiger partial charge in [-0.25, -0.2) is 4.98 Å². The van der Waals surface area contributed by atoms with Crippen LogP contribution in [0.25, 0.3) is 0 Å². The fourth-order valence-electron chi connectivity index (χ4n) is 1.60. The maximum Gasteiger partial charge on any atom is 0.122 e. The Bertz CT molecular complexity index is 448. The molecule has 16 heavy (non-hydrogen) atoms. The summed E-state index contributed by atoms with van der Waals surface area (Å²) in [6.07, 6.45) is 3.71. The predicted molar refractivity (Wildman–Crippen MR) is 62.2 cm³/mol. The molecule has 0 unspecified atom stereocenters. The highest BCUT2D eigenvalue weighted by Crippen LogP contribution is 2.12. The third-order valence-electron chi connectivity index (χ3n) is 2.50. The number of nitrogens with two attached hydrogens (primary N) is 1. The number of aromatic nitrogens is 2. The number of hydrogen-bond acceptors (Lipinski definition) is 3. The van der Waals surface area contributed by atoms with E-state index in [0.29, 0.717) is 6.54 Å². The second-order valence-electron chi connectivity index (χ2n) is 3.52. The summed E-state index contributed by atoms with van der Waals surface area (Å²) in [5.74, 6) is 1.77. The second kappa shape index (κ2) is 4.81. The Hall–Kier alpha value is -1.81. The molecule has 0 aliphatic heterocycles. The van der Waals surface area contributed by atoms with Crippen LogP contribution in [0.2, 0.25) is 0 Å². The average molecular weight is 217 g/mol. The number of ether oxygens (including phenoxy) is 1. The van der Waals surface area contributed by atoms with Crippen molar-refractivity contribution in [2.75, 3.05) is 7.11 Å². The van der Waals surface area contributed by atoms with Gasteiger partial charge in [-0.3, -0.25) is 0 Å². The Morgan fingerprint density at radius 1 is 1.31 bits per heavy atom. The zero-order valence-corrected chi connectivity index (χ0v) is 9.26. The maximum absolute atomic E-state index is 5.59. The van der Waals surface area contributed by atoms with Crippen molar-refractivity contribution in [1.82, 2.24) is 9.55 Å². The van der Waals surface area contributed by atoms with Crippen molar-refractivity contribution >= 4 is 0 Å². The lowest BCUT2D eigenvalue weighted by Gasteiger charge is -2.07. The first-order valence-electron chi connectivity index (χ1n) is 5.16. The standard InChI is InChI=1S/C12H15N3O/c1-16-11-4-2-10(3-5-11)9-15-7-6-14-12(15)8-13/h2-7H,8-9,13H2,1H3. The third kappa shape index (κ3) is 2.23. The molecule has 0 aliphatic rings. The molecule has 0 aliphatic carbocycles. The van der Waals surface area contributed by atoms with Crippen LogP contribution < -0.4 is 10.5 Å². The zero-order valence-electron chi connectivity index (χ0n) is 9.26. The summed E-state index contributed by atoms with van der Waals surface area (Å²) < 4.78 is 7.15. The van der Waals surface area contributed by atoms with E-state index < -0.39 is 0 Å². The quantitative estimate of drug-likeness (QED) is 0.842. The molecule has 0 amide bonds. The summed E-state index contributed by atoms with van der Waals surface area (Å²) in [4.78, 5) is 4.18. The van der Waals surface area contributed by atoms with Crippen LogP contribution in [0, 0.1) is 0 Å². The number of imidazole rings is 1. The highest BCUT2D eigenvalue weighted by Gasteiger charge is 2.01. The molecule has 0 atom stereocenters. The van der Waals surface area contributed by atoms with Crippen molar-refractivity contribution in [3.05, 3.63) is 48.0 Å². The molecule has 1 aromatic carbocycles.